The van der Waals surface area contributed by atoms with Crippen molar-refractivity contribution >= 4 is 5.91 Å². The summed E-state index contributed by atoms with van der Waals surface area (Å²) in [7, 11) is 0. The van der Waals surface area contributed by atoms with Crippen LogP contribution in [0.3, 0.4) is 0 Å². The molecule has 1 N–H and O–H groups in total. The van der Waals surface area contributed by atoms with Crippen molar-refractivity contribution in [3.8, 4) is 5.75 Å². The van der Waals surface area contributed by atoms with Gasteiger partial charge < -0.3 is 19.2 Å². The summed E-state index contributed by atoms with van der Waals surface area (Å²) >= 11 is 0. The Morgan fingerprint density at radius 2 is 2.07 bits per heavy atom. The minimum absolute atomic E-state index is 0.0123. The van der Waals surface area contributed by atoms with E-state index in [-0.39, 0.29) is 35.4 Å². The number of benzene rings is 1. The zero-order chi connectivity index (χ0) is 19.6. The van der Waals surface area contributed by atoms with E-state index in [1.165, 1.54) is 12.3 Å². The molecule has 4 rings (SSSR count). The highest BCUT2D eigenvalue weighted by Gasteiger charge is 2.44. The molecule has 6 nitrogen and oxygen atoms in total. The largest absolute Gasteiger partial charge is 0.482 e. The van der Waals surface area contributed by atoms with Gasteiger partial charge in [-0.1, -0.05) is 43.2 Å². The Bertz CT molecular complexity index is 893. The molecule has 1 saturated carbocycles. The molecule has 148 valence electrons. The van der Waals surface area contributed by atoms with Crippen LogP contribution in [0.25, 0.3) is 0 Å². The fraction of sp³-hybridized carbons (Fsp3) is 0.455. The molecule has 1 aliphatic heterocycles. The highest BCUT2D eigenvalue weighted by molar-refractivity contribution is 5.91. The minimum atomic E-state index is -0.648. The first kappa shape index (κ1) is 18.7. The van der Waals surface area contributed by atoms with Crippen LogP contribution in [0, 0.1) is 5.92 Å². The van der Waals surface area contributed by atoms with E-state index in [0.29, 0.717) is 19.5 Å². The number of hydrogen-bond acceptors (Lipinski definition) is 5. The predicted octanol–water partition coefficient (Wildman–Crippen LogP) is 2.99. The molecule has 1 aromatic carbocycles. The summed E-state index contributed by atoms with van der Waals surface area (Å²) in [6.07, 6.45) is 5.64. The van der Waals surface area contributed by atoms with Gasteiger partial charge in [0.2, 0.25) is 11.2 Å². The second kappa shape index (κ2) is 7.80. The summed E-state index contributed by atoms with van der Waals surface area (Å²) in [6.45, 7) is 1.23. The first-order chi connectivity index (χ1) is 13.5. The molecule has 28 heavy (non-hydrogen) atoms. The fourth-order valence-corrected chi connectivity index (χ4v) is 4.26. The first-order valence-corrected chi connectivity index (χ1v) is 9.86. The maximum absolute atomic E-state index is 12.8. The van der Waals surface area contributed by atoms with Crippen molar-refractivity contribution in [2.24, 2.45) is 5.92 Å². The number of carbonyl (C=O) groups is 1. The zero-order valence-corrected chi connectivity index (χ0v) is 15.8. The molecule has 0 unspecified atom stereocenters. The number of ether oxygens (including phenoxy) is 1. The molecule has 2 fully saturated rings. The average molecular weight is 383 g/mol. The second-order valence-corrected chi connectivity index (χ2v) is 7.79. The monoisotopic (exact) mass is 383 g/mol. The van der Waals surface area contributed by atoms with Gasteiger partial charge in [-0.15, -0.1) is 0 Å². The molecule has 1 aliphatic carbocycles. The summed E-state index contributed by atoms with van der Waals surface area (Å²) in [5.41, 5.74) is -0.0857. The number of fused-ring (bicyclic) bond motifs is 1. The highest BCUT2D eigenvalue weighted by Crippen LogP contribution is 2.40. The average Bonchev–Trinajstić information content (AvgIpc) is 2.72. The van der Waals surface area contributed by atoms with Crippen LogP contribution in [0.15, 0.2) is 51.9 Å². The van der Waals surface area contributed by atoms with Gasteiger partial charge >= 0.3 is 0 Å². The normalized spacial score (nSPS) is 24.5. The van der Waals surface area contributed by atoms with Crippen LogP contribution in [-0.4, -0.2) is 34.6 Å². The summed E-state index contributed by atoms with van der Waals surface area (Å²) < 4.78 is 10.9. The lowest BCUT2D eigenvalue weighted by molar-refractivity contribution is -0.0889. The van der Waals surface area contributed by atoms with Crippen molar-refractivity contribution < 1.29 is 19.1 Å². The van der Waals surface area contributed by atoms with E-state index in [9.17, 15) is 14.7 Å². The highest BCUT2D eigenvalue weighted by atomic mass is 16.5. The molecule has 6 heteroatoms. The Morgan fingerprint density at radius 1 is 1.25 bits per heavy atom. The van der Waals surface area contributed by atoms with Crippen molar-refractivity contribution in [1.29, 1.82) is 0 Å². The Kier molecular flexibility index (Phi) is 5.22. The van der Waals surface area contributed by atoms with Crippen LogP contribution in [0.2, 0.25) is 0 Å². The Labute approximate surface area is 163 Å². The van der Waals surface area contributed by atoms with Gasteiger partial charge in [-0.2, -0.15) is 0 Å². The SMILES string of the molecule is O=C(c1cc(=O)c(OCc2ccccc2)co1)N1CC[C@@]2(O)CCCC[C@H]2C1. The number of amides is 1. The standard InChI is InChI=1S/C22H25NO5/c24-18-12-19(28-15-20(18)27-14-16-6-2-1-3-7-16)21(25)23-11-10-22(26)9-5-4-8-17(22)13-23/h1-3,6-7,12,15,17,26H,4-5,8-11,13-14H2/t17-,22-/m0/s1. The third-order valence-electron chi connectivity index (χ3n) is 5.96. The molecule has 1 amide bonds. The van der Waals surface area contributed by atoms with Gasteiger partial charge in [0, 0.05) is 25.1 Å². The number of likely N-dealkylation sites (tertiary alicyclic amines) is 1. The molecule has 2 aromatic rings. The smallest absolute Gasteiger partial charge is 0.289 e. The number of aliphatic hydroxyl groups is 1. The van der Waals surface area contributed by atoms with E-state index in [4.69, 9.17) is 9.15 Å². The molecule has 2 aliphatic rings. The lowest BCUT2D eigenvalue weighted by Crippen LogP contribution is -2.54. The van der Waals surface area contributed by atoms with Crippen LogP contribution in [0.4, 0.5) is 0 Å². The van der Waals surface area contributed by atoms with Crippen LogP contribution in [0.1, 0.15) is 48.2 Å². The number of rotatable bonds is 4. The molecular weight excluding hydrogens is 358 g/mol. The zero-order valence-electron chi connectivity index (χ0n) is 15.8. The number of piperidine rings is 1. The maximum Gasteiger partial charge on any atom is 0.289 e. The van der Waals surface area contributed by atoms with Crippen LogP contribution >= 0.6 is 0 Å². The molecule has 1 aromatic heterocycles. The van der Waals surface area contributed by atoms with E-state index in [1.807, 2.05) is 30.3 Å². The molecule has 0 bridgehead atoms. The molecule has 2 atom stereocenters. The lowest BCUT2D eigenvalue weighted by atomic mass is 9.71. The number of hydrogen-bond donors (Lipinski definition) is 1. The topological polar surface area (TPSA) is 80.0 Å². The predicted molar refractivity (Wildman–Crippen MR) is 103 cm³/mol. The molecular formula is C22H25NO5. The van der Waals surface area contributed by atoms with Gasteiger partial charge in [0.1, 0.15) is 12.9 Å². The van der Waals surface area contributed by atoms with Crippen LogP contribution in [-0.2, 0) is 6.61 Å². The van der Waals surface area contributed by atoms with E-state index in [0.717, 1.165) is 31.2 Å². The third kappa shape index (κ3) is 3.83. The fourth-order valence-electron chi connectivity index (χ4n) is 4.26. The Balaban J connectivity index is 1.42. The van der Waals surface area contributed by atoms with Gasteiger partial charge in [-0.05, 0) is 24.8 Å². The first-order valence-electron chi connectivity index (χ1n) is 9.86. The molecule has 0 spiro atoms. The van der Waals surface area contributed by atoms with Crippen molar-refractivity contribution in [2.75, 3.05) is 13.1 Å². The van der Waals surface area contributed by atoms with Crippen molar-refractivity contribution in [2.45, 2.75) is 44.3 Å². The Morgan fingerprint density at radius 3 is 2.86 bits per heavy atom. The number of nitrogens with zero attached hydrogens (tertiary/aromatic N) is 1. The molecule has 0 radical (unpaired) electrons. The van der Waals surface area contributed by atoms with E-state index >= 15 is 0 Å². The third-order valence-corrected chi connectivity index (χ3v) is 5.96. The van der Waals surface area contributed by atoms with E-state index in [1.54, 1.807) is 4.90 Å². The molecule has 1 saturated heterocycles. The van der Waals surface area contributed by atoms with Gasteiger partial charge in [0.25, 0.3) is 5.91 Å². The summed E-state index contributed by atoms with van der Waals surface area (Å²) in [4.78, 5) is 26.8. The number of carbonyl (C=O) groups excluding carboxylic acids is 1. The summed E-state index contributed by atoms with van der Waals surface area (Å²) in [6, 6.07) is 10.7. The van der Waals surface area contributed by atoms with Gasteiger partial charge in [-0.3, -0.25) is 9.59 Å². The lowest BCUT2D eigenvalue weighted by Gasteiger charge is -2.47. The van der Waals surface area contributed by atoms with Crippen molar-refractivity contribution in [3.05, 3.63) is 64.2 Å². The summed E-state index contributed by atoms with van der Waals surface area (Å²) in [5, 5.41) is 10.8. The van der Waals surface area contributed by atoms with Gasteiger partial charge in [0.05, 0.1) is 5.60 Å². The van der Waals surface area contributed by atoms with Crippen LogP contribution < -0.4 is 10.2 Å². The minimum Gasteiger partial charge on any atom is -0.482 e. The van der Waals surface area contributed by atoms with E-state index < -0.39 is 5.60 Å². The van der Waals surface area contributed by atoms with Crippen LogP contribution in [0.5, 0.6) is 5.75 Å². The van der Waals surface area contributed by atoms with Gasteiger partial charge in [-0.25, -0.2) is 0 Å². The summed E-state index contributed by atoms with van der Waals surface area (Å²) in [5.74, 6) is -0.113. The van der Waals surface area contributed by atoms with Crippen molar-refractivity contribution in [3.63, 3.8) is 0 Å². The second-order valence-electron chi connectivity index (χ2n) is 7.79. The van der Waals surface area contributed by atoms with Gasteiger partial charge in [0.15, 0.2) is 5.76 Å². The quantitative estimate of drug-likeness (QED) is 0.878. The van der Waals surface area contributed by atoms with E-state index in [2.05, 4.69) is 0 Å². The maximum atomic E-state index is 12.8. The Hall–Kier alpha value is -2.60. The van der Waals surface area contributed by atoms with Crippen molar-refractivity contribution in [1.82, 2.24) is 4.90 Å². The molecule has 2 heterocycles.